The second-order valence-electron chi connectivity index (χ2n) is 13.2. The van der Waals surface area contributed by atoms with Gasteiger partial charge < -0.3 is 15.3 Å². The fourth-order valence-electron chi connectivity index (χ4n) is 8.53. The molecule has 6 rings (SSSR count). The predicted molar refractivity (Wildman–Crippen MR) is 187 cm³/mol. The normalized spacial score (nSPS) is 20.7. The molecule has 2 aromatic rings. The molecule has 0 amide bonds. The molecule has 43 heavy (non-hydrogen) atoms. The minimum Gasteiger partial charge on any atom is -0.356 e. The Hall–Kier alpha value is -0.760. The Balaban J connectivity index is 0.000000206. The van der Waals surface area contributed by atoms with Crippen LogP contribution in [0.2, 0.25) is 0 Å². The van der Waals surface area contributed by atoms with Crippen LogP contribution in [-0.2, 0) is 22.4 Å². The third kappa shape index (κ3) is 12.5. The summed E-state index contributed by atoms with van der Waals surface area (Å²) in [6.45, 7) is 0. The Kier molecular flexibility index (Phi) is 18.0. The molecule has 0 bridgehead atoms. The first kappa shape index (κ1) is 36.7. The van der Waals surface area contributed by atoms with Crippen molar-refractivity contribution in [1.29, 1.82) is 0 Å². The van der Waals surface area contributed by atoms with Gasteiger partial charge in [-0.2, -0.15) is 0 Å². The molecule has 0 spiro atoms. The zero-order chi connectivity index (χ0) is 29.4. The van der Waals surface area contributed by atoms with Gasteiger partial charge in [0.05, 0.1) is 38.3 Å². The first-order chi connectivity index (χ1) is 20.6. The van der Waals surface area contributed by atoms with E-state index in [-0.39, 0.29) is 38.2 Å². The van der Waals surface area contributed by atoms with Gasteiger partial charge in [0.1, 0.15) is 0 Å². The van der Waals surface area contributed by atoms with E-state index in [1.54, 1.807) is 10.6 Å². The molecule has 4 saturated carbocycles. The molecule has 2 aromatic carbocycles. The molecular formula is C36H56AgNO3P2+2. The topological polar surface area (TPSA) is 66.2 Å². The summed E-state index contributed by atoms with van der Waals surface area (Å²) < 4.78 is 0. The standard InChI is InChI=1S/2C18H27P.Ag.NO3/c2*1-4-10-16(11-5-1)19(17-12-6-2-7-13-17)18-14-8-3-9-15-18;;2-1(3)4/h2*1,4-5,10-11,17-18H,2-3,6-9,12-15H2;;/q;;+1;-1/p+2. The van der Waals surface area contributed by atoms with E-state index >= 15 is 0 Å². The molecule has 0 aliphatic heterocycles. The van der Waals surface area contributed by atoms with Gasteiger partial charge in [0.25, 0.3) is 0 Å². The Bertz CT molecular complexity index is 875. The van der Waals surface area contributed by atoms with E-state index < -0.39 is 5.09 Å². The Morgan fingerprint density at radius 1 is 0.442 bits per heavy atom. The summed E-state index contributed by atoms with van der Waals surface area (Å²) in [6.07, 6.45) is 30.2. The molecule has 4 aliphatic carbocycles. The van der Waals surface area contributed by atoms with Gasteiger partial charge in [-0.05, 0) is 127 Å². The van der Waals surface area contributed by atoms with E-state index in [1.165, 1.54) is 128 Å². The number of nitrogens with zero attached hydrogens (tertiary/aromatic N) is 1. The van der Waals surface area contributed by atoms with Gasteiger partial charge >= 0.3 is 22.4 Å². The molecule has 0 unspecified atom stereocenters. The molecule has 0 N–H and O–H groups in total. The molecule has 0 aromatic heterocycles. The molecular weight excluding hydrogens is 664 g/mol. The smallest absolute Gasteiger partial charge is 0.356 e. The molecule has 0 atom stereocenters. The molecule has 4 fully saturated rings. The second kappa shape index (κ2) is 21.1. The van der Waals surface area contributed by atoms with Crippen LogP contribution in [0.5, 0.6) is 0 Å². The summed E-state index contributed by atoms with van der Waals surface area (Å²) in [7, 11) is -0.647. The first-order valence-corrected chi connectivity index (χ1v) is 20.6. The van der Waals surface area contributed by atoms with E-state index in [2.05, 4.69) is 60.7 Å². The van der Waals surface area contributed by atoms with Crippen LogP contribution in [0.25, 0.3) is 0 Å². The maximum absolute atomic E-state index is 8.25. The maximum Gasteiger partial charge on any atom is 1.00 e. The van der Waals surface area contributed by atoms with Crippen LogP contribution >= 0.6 is 15.8 Å². The van der Waals surface area contributed by atoms with Gasteiger partial charge in [-0.1, -0.05) is 62.1 Å². The van der Waals surface area contributed by atoms with Crippen LogP contribution in [-0.4, -0.2) is 27.7 Å². The summed E-state index contributed by atoms with van der Waals surface area (Å²) in [6, 6.07) is 23.2. The molecule has 0 heterocycles. The summed E-state index contributed by atoms with van der Waals surface area (Å²) in [4.78, 5) is 8.25. The Morgan fingerprint density at radius 3 is 0.860 bits per heavy atom. The van der Waals surface area contributed by atoms with Gasteiger partial charge in [0, 0.05) is 15.8 Å². The fraction of sp³-hybridized carbons (Fsp3) is 0.667. The number of hydrogen-bond donors (Lipinski definition) is 0. The minimum absolute atomic E-state index is 0. The van der Waals surface area contributed by atoms with Gasteiger partial charge in [0.2, 0.25) is 0 Å². The summed E-state index contributed by atoms with van der Waals surface area (Å²) in [5.41, 5.74) is 4.29. The molecule has 242 valence electrons. The number of hydrogen-bond acceptors (Lipinski definition) is 3. The van der Waals surface area contributed by atoms with Gasteiger partial charge in [-0.15, -0.1) is 0 Å². The van der Waals surface area contributed by atoms with Crippen LogP contribution in [0.1, 0.15) is 128 Å². The minimum atomic E-state index is -1.75. The zero-order valence-electron chi connectivity index (χ0n) is 26.2. The SMILES string of the molecule is O=[N+]([O-])[O-].[Ag+].c1ccc([PH+](C2CCCCC2)C2CCCCC2)cc1.c1ccc([PH+](C2CCCCC2)C2CCCCC2)cc1. The fourth-order valence-corrected chi connectivity index (χ4v) is 17.0. The maximum atomic E-state index is 8.25. The van der Waals surface area contributed by atoms with E-state index in [9.17, 15) is 0 Å². The van der Waals surface area contributed by atoms with Crippen molar-refractivity contribution in [3.05, 3.63) is 76.0 Å². The average molecular weight is 721 g/mol. The Morgan fingerprint density at radius 2 is 0.651 bits per heavy atom. The molecule has 4 nitrogen and oxygen atoms in total. The van der Waals surface area contributed by atoms with Crippen molar-refractivity contribution in [2.24, 2.45) is 0 Å². The van der Waals surface area contributed by atoms with Gasteiger partial charge in [-0.25, -0.2) is 0 Å². The van der Waals surface area contributed by atoms with Crippen LogP contribution in [0, 0.1) is 15.3 Å². The number of rotatable bonds is 6. The van der Waals surface area contributed by atoms with Crippen molar-refractivity contribution in [3.63, 3.8) is 0 Å². The average Bonchev–Trinajstić information content (AvgIpc) is 3.05. The first-order valence-electron chi connectivity index (χ1n) is 17.3. The van der Waals surface area contributed by atoms with E-state index in [0.717, 1.165) is 22.6 Å². The van der Waals surface area contributed by atoms with Crippen LogP contribution in [0.15, 0.2) is 60.7 Å². The van der Waals surface area contributed by atoms with Crippen molar-refractivity contribution >= 4 is 26.5 Å². The van der Waals surface area contributed by atoms with Crippen LogP contribution < -0.4 is 10.6 Å². The monoisotopic (exact) mass is 719 g/mol. The van der Waals surface area contributed by atoms with Crippen molar-refractivity contribution in [1.82, 2.24) is 0 Å². The van der Waals surface area contributed by atoms with E-state index in [1.807, 2.05) is 0 Å². The quantitative estimate of drug-likeness (QED) is 0.129. The molecule has 0 saturated heterocycles. The third-order valence-electron chi connectivity index (χ3n) is 10.4. The van der Waals surface area contributed by atoms with Crippen molar-refractivity contribution in [2.45, 2.75) is 151 Å². The third-order valence-corrected chi connectivity index (χ3v) is 18.2. The molecule has 4 aliphatic rings. The molecule has 7 heteroatoms. The predicted octanol–water partition coefficient (Wildman–Crippen LogP) is 10.1. The van der Waals surface area contributed by atoms with Crippen LogP contribution in [0.4, 0.5) is 0 Å². The zero-order valence-corrected chi connectivity index (χ0v) is 29.7. The Labute approximate surface area is 279 Å². The van der Waals surface area contributed by atoms with Crippen LogP contribution in [0.3, 0.4) is 0 Å². The van der Waals surface area contributed by atoms with Crippen molar-refractivity contribution < 1.29 is 27.5 Å². The van der Waals surface area contributed by atoms with E-state index in [4.69, 9.17) is 15.3 Å². The summed E-state index contributed by atoms with van der Waals surface area (Å²) in [5, 5.41) is 18.2. The van der Waals surface area contributed by atoms with Gasteiger partial charge in [0.15, 0.2) is 0 Å². The number of benzene rings is 2. The van der Waals surface area contributed by atoms with E-state index in [0.29, 0.717) is 0 Å². The summed E-state index contributed by atoms with van der Waals surface area (Å²) >= 11 is 0. The second-order valence-corrected chi connectivity index (χ2v) is 19.4. The van der Waals surface area contributed by atoms with Gasteiger partial charge in [-0.3, -0.25) is 0 Å². The largest absolute Gasteiger partial charge is 1.00 e. The molecule has 0 radical (unpaired) electrons. The summed E-state index contributed by atoms with van der Waals surface area (Å²) in [5.74, 6) is 0. The van der Waals surface area contributed by atoms with Crippen molar-refractivity contribution in [3.8, 4) is 0 Å². The van der Waals surface area contributed by atoms with Crippen molar-refractivity contribution in [2.75, 3.05) is 0 Å².